The molecule has 0 atom stereocenters. The monoisotopic (exact) mass is 255 g/mol. The summed E-state index contributed by atoms with van der Waals surface area (Å²) in [6.45, 7) is 0.290. The highest BCUT2D eigenvalue weighted by atomic mass is 16.4. The third-order valence-electron chi connectivity index (χ3n) is 4.12. The number of nitrogens with two attached hydrogens (primary N) is 1. The van der Waals surface area contributed by atoms with E-state index < -0.39 is 5.41 Å². The summed E-state index contributed by atoms with van der Waals surface area (Å²) < 4.78 is 0. The fourth-order valence-electron chi connectivity index (χ4n) is 2.85. The molecule has 6 heteroatoms. The minimum atomic E-state index is -0.799. The van der Waals surface area contributed by atoms with Gasteiger partial charge in [-0.3, -0.25) is 4.79 Å². The van der Waals surface area contributed by atoms with Gasteiger partial charge in [-0.15, -0.1) is 0 Å². The van der Waals surface area contributed by atoms with Crippen molar-refractivity contribution in [1.29, 1.82) is 0 Å². The van der Waals surface area contributed by atoms with Crippen molar-refractivity contribution in [2.75, 3.05) is 13.2 Å². The number of hydrogen-bond donors (Lipinski definition) is 3. The summed E-state index contributed by atoms with van der Waals surface area (Å²) in [5.74, 6) is -0.0767. The molecule has 0 aromatic rings. The van der Waals surface area contributed by atoms with Crippen molar-refractivity contribution >= 4 is 11.7 Å². The fourth-order valence-corrected chi connectivity index (χ4v) is 2.85. The first-order valence-electron chi connectivity index (χ1n) is 6.55. The first-order valence-corrected chi connectivity index (χ1v) is 6.55. The standard InChI is InChI=1S/C12H21N3O3/c13-10(14-18)12(5-6-12)11(17)15(7-8-16)9-3-1-2-4-9/h9,16,18H,1-8H2,(H2,13,14). The van der Waals surface area contributed by atoms with Gasteiger partial charge in [0, 0.05) is 12.6 Å². The Hall–Kier alpha value is -1.30. The van der Waals surface area contributed by atoms with Gasteiger partial charge in [0.05, 0.1) is 6.61 Å². The number of carbonyl (C=O) groups is 1. The van der Waals surface area contributed by atoms with E-state index in [1.807, 2.05) is 0 Å². The number of hydrogen-bond acceptors (Lipinski definition) is 4. The van der Waals surface area contributed by atoms with Crippen LogP contribution in [0.1, 0.15) is 38.5 Å². The molecule has 0 aromatic carbocycles. The smallest absolute Gasteiger partial charge is 0.236 e. The molecule has 1 amide bonds. The first-order chi connectivity index (χ1) is 8.65. The molecule has 2 fully saturated rings. The van der Waals surface area contributed by atoms with E-state index in [4.69, 9.17) is 16.0 Å². The van der Waals surface area contributed by atoms with Crippen molar-refractivity contribution in [3.8, 4) is 0 Å². The molecule has 102 valence electrons. The van der Waals surface area contributed by atoms with E-state index in [0.717, 1.165) is 25.7 Å². The predicted molar refractivity (Wildman–Crippen MR) is 66.1 cm³/mol. The molecule has 18 heavy (non-hydrogen) atoms. The molecule has 2 rings (SSSR count). The molecular formula is C12H21N3O3. The summed E-state index contributed by atoms with van der Waals surface area (Å²) in [5.41, 5.74) is 4.84. The first kappa shape index (κ1) is 13.1. The van der Waals surface area contributed by atoms with Crippen molar-refractivity contribution in [2.24, 2.45) is 16.3 Å². The Morgan fingerprint density at radius 1 is 1.39 bits per heavy atom. The summed E-state index contributed by atoms with van der Waals surface area (Å²) in [4.78, 5) is 14.3. The molecule has 2 aliphatic carbocycles. The molecule has 0 aliphatic heterocycles. The van der Waals surface area contributed by atoms with Gasteiger partial charge in [0.25, 0.3) is 0 Å². The Morgan fingerprint density at radius 3 is 2.44 bits per heavy atom. The van der Waals surface area contributed by atoms with Gasteiger partial charge in [0.2, 0.25) is 5.91 Å². The summed E-state index contributed by atoms with van der Waals surface area (Å²) in [6, 6.07) is 0.202. The highest BCUT2D eigenvalue weighted by Crippen LogP contribution is 2.48. The van der Waals surface area contributed by atoms with Gasteiger partial charge in [-0.25, -0.2) is 0 Å². The lowest BCUT2D eigenvalue weighted by Gasteiger charge is -2.31. The molecule has 0 aromatic heterocycles. The van der Waals surface area contributed by atoms with Crippen LogP contribution < -0.4 is 5.73 Å². The number of carbonyl (C=O) groups excluding carboxylic acids is 1. The topological polar surface area (TPSA) is 99.2 Å². The molecule has 0 saturated heterocycles. The number of rotatable bonds is 5. The third-order valence-corrected chi connectivity index (χ3v) is 4.12. The molecule has 0 radical (unpaired) electrons. The summed E-state index contributed by atoms with van der Waals surface area (Å²) >= 11 is 0. The molecule has 0 heterocycles. The average Bonchev–Trinajstić information content (AvgIpc) is 3.03. The number of amides is 1. The molecule has 0 spiro atoms. The Morgan fingerprint density at radius 2 is 2.00 bits per heavy atom. The van der Waals surface area contributed by atoms with Crippen molar-refractivity contribution in [2.45, 2.75) is 44.6 Å². The maximum atomic E-state index is 12.5. The fraction of sp³-hybridized carbons (Fsp3) is 0.833. The Kier molecular flexibility index (Phi) is 3.75. The van der Waals surface area contributed by atoms with Crippen LogP contribution in [0.2, 0.25) is 0 Å². The van der Waals surface area contributed by atoms with Crippen LogP contribution in [0.3, 0.4) is 0 Å². The van der Waals surface area contributed by atoms with Crippen molar-refractivity contribution in [3.05, 3.63) is 0 Å². The lowest BCUT2D eigenvalue weighted by Crippen LogP contribution is -2.48. The van der Waals surface area contributed by atoms with Crippen LogP contribution in [0.25, 0.3) is 0 Å². The highest BCUT2D eigenvalue weighted by molar-refractivity contribution is 6.09. The quantitative estimate of drug-likeness (QED) is 0.284. The van der Waals surface area contributed by atoms with E-state index in [9.17, 15) is 4.79 Å². The third kappa shape index (κ3) is 2.16. The molecule has 0 bridgehead atoms. The van der Waals surface area contributed by atoms with Gasteiger partial charge in [-0.05, 0) is 25.7 Å². The predicted octanol–water partition coefficient (Wildman–Crippen LogP) is 0.276. The summed E-state index contributed by atoms with van der Waals surface area (Å²) in [7, 11) is 0. The van der Waals surface area contributed by atoms with Crippen LogP contribution in [-0.2, 0) is 4.79 Å². The van der Waals surface area contributed by atoms with E-state index in [1.165, 1.54) is 0 Å². The number of amidine groups is 1. The van der Waals surface area contributed by atoms with Gasteiger partial charge in [0.15, 0.2) is 5.84 Å². The number of aliphatic hydroxyl groups excluding tert-OH is 1. The molecule has 4 N–H and O–H groups in total. The molecular weight excluding hydrogens is 234 g/mol. The zero-order valence-corrected chi connectivity index (χ0v) is 10.5. The number of aliphatic hydroxyl groups is 1. The molecule has 2 aliphatic rings. The summed E-state index contributed by atoms with van der Waals surface area (Å²) in [5, 5.41) is 20.9. The highest BCUT2D eigenvalue weighted by Gasteiger charge is 2.56. The zero-order chi connectivity index (χ0) is 13.2. The average molecular weight is 255 g/mol. The van der Waals surface area contributed by atoms with Crippen molar-refractivity contribution < 1.29 is 15.1 Å². The van der Waals surface area contributed by atoms with Gasteiger partial charge in [0.1, 0.15) is 5.41 Å². The van der Waals surface area contributed by atoms with Crippen molar-refractivity contribution in [1.82, 2.24) is 4.90 Å². The van der Waals surface area contributed by atoms with E-state index in [-0.39, 0.29) is 24.4 Å². The minimum Gasteiger partial charge on any atom is -0.409 e. The van der Waals surface area contributed by atoms with E-state index in [1.54, 1.807) is 4.90 Å². The van der Waals surface area contributed by atoms with E-state index in [2.05, 4.69) is 5.16 Å². The summed E-state index contributed by atoms with van der Waals surface area (Å²) in [6.07, 6.45) is 5.48. The van der Waals surface area contributed by atoms with Crippen LogP contribution >= 0.6 is 0 Å². The molecule has 0 unspecified atom stereocenters. The van der Waals surface area contributed by atoms with Gasteiger partial charge in [-0.2, -0.15) is 0 Å². The maximum absolute atomic E-state index is 12.5. The number of oxime groups is 1. The Bertz CT molecular complexity index is 346. The van der Waals surface area contributed by atoms with E-state index in [0.29, 0.717) is 19.4 Å². The molecule has 6 nitrogen and oxygen atoms in total. The second kappa shape index (κ2) is 5.14. The second-order valence-electron chi connectivity index (χ2n) is 5.23. The van der Waals surface area contributed by atoms with E-state index >= 15 is 0 Å². The molecule has 2 saturated carbocycles. The largest absolute Gasteiger partial charge is 0.409 e. The minimum absolute atomic E-state index is 0.00781. The maximum Gasteiger partial charge on any atom is 0.236 e. The Labute approximate surface area is 106 Å². The van der Waals surface area contributed by atoms with Gasteiger partial charge >= 0.3 is 0 Å². The van der Waals surface area contributed by atoms with Crippen molar-refractivity contribution in [3.63, 3.8) is 0 Å². The van der Waals surface area contributed by atoms with Crippen LogP contribution in [0.5, 0.6) is 0 Å². The SMILES string of the molecule is NC(=NO)C1(C(=O)N(CCO)C2CCCC2)CC1. The van der Waals surface area contributed by atoms with Crippen LogP contribution in [0.15, 0.2) is 5.16 Å². The lowest BCUT2D eigenvalue weighted by molar-refractivity contribution is -0.137. The Balaban J connectivity index is 2.13. The second-order valence-corrected chi connectivity index (χ2v) is 5.23. The van der Waals surface area contributed by atoms with Crippen LogP contribution in [0, 0.1) is 5.41 Å². The lowest BCUT2D eigenvalue weighted by atomic mass is 10.0. The van der Waals surface area contributed by atoms with Crippen LogP contribution in [-0.4, -0.2) is 46.1 Å². The van der Waals surface area contributed by atoms with Gasteiger partial charge in [-0.1, -0.05) is 18.0 Å². The number of nitrogens with zero attached hydrogens (tertiary/aromatic N) is 2. The normalized spacial score (nSPS) is 23.1. The van der Waals surface area contributed by atoms with Crippen LogP contribution in [0.4, 0.5) is 0 Å². The zero-order valence-electron chi connectivity index (χ0n) is 10.5. The van der Waals surface area contributed by atoms with Gasteiger partial charge < -0.3 is 20.9 Å².